The van der Waals surface area contributed by atoms with Crippen molar-refractivity contribution in [2.75, 3.05) is 0 Å². The minimum absolute atomic E-state index is 1.18. The van der Waals surface area contributed by atoms with Crippen LogP contribution in [0, 0.1) is 0 Å². The van der Waals surface area contributed by atoms with Crippen LogP contribution in [0.4, 0.5) is 0 Å². The fourth-order valence-corrected chi connectivity index (χ4v) is 3.65. The Morgan fingerprint density at radius 3 is 1.36 bits per heavy atom. The summed E-state index contributed by atoms with van der Waals surface area (Å²) in [4.78, 5) is 0. The number of aromatic nitrogens is 2. The second-order valence-corrected chi connectivity index (χ2v) is 7.97. The molecule has 0 unspecified atom stereocenters. The highest BCUT2D eigenvalue weighted by Gasteiger charge is 1.99. The van der Waals surface area contributed by atoms with Crippen molar-refractivity contribution in [3.05, 3.63) is 18.7 Å². The van der Waals surface area contributed by atoms with E-state index in [4.69, 9.17) is 0 Å². The summed E-state index contributed by atoms with van der Waals surface area (Å²) >= 11 is 0. The molecule has 0 aliphatic heterocycles. The second-order valence-electron chi connectivity index (χ2n) is 7.97. The summed E-state index contributed by atoms with van der Waals surface area (Å²) in [6.07, 6.45) is 31.0. The number of hydrogen-bond donors (Lipinski definition) is 0. The maximum atomic E-state index is 2.30. The van der Waals surface area contributed by atoms with Gasteiger partial charge in [0.15, 0.2) is 0 Å². The summed E-state index contributed by atoms with van der Waals surface area (Å²) in [7, 11) is 2.09. The van der Waals surface area contributed by atoms with Gasteiger partial charge in [0.1, 0.15) is 12.4 Å². The lowest BCUT2D eigenvalue weighted by atomic mass is 10.0. The third-order valence-corrected chi connectivity index (χ3v) is 5.34. The van der Waals surface area contributed by atoms with Gasteiger partial charge in [-0.15, -0.1) is 0 Å². The van der Waals surface area contributed by atoms with Gasteiger partial charge >= 0.3 is 0 Å². The topological polar surface area (TPSA) is 8.81 Å². The van der Waals surface area contributed by atoms with E-state index >= 15 is 0 Å². The van der Waals surface area contributed by atoms with Gasteiger partial charge in [-0.25, -0.2) is 9.13 Å². The van der Waals surface area contributed by atoms with Crippen LogP contribution in [0.3, 0.4) is 0 Å². The van der Waals surface area contributed by atoms with Crippen LogP contribution < -0.4 is 4.57 Å². The molecule has 25 heavy (non-hydrogen) atoms. The van der Waals surface area contributed by atoms with Crippen molar-refractivity contribution in [3.63, 3.8) is 0 Å². The average molecular weight is 350 g/mol. The number of imidazole rings is 1. The lowest BCUT2D eigenvalue weighted by Crippen LogP contribution is -2.23. The molecule has 0 N–H and O–H groups in total. The zero-order valence-electron chi connectivity index (χ0n) is 17.4. The zero-order valence-corrected chi connectivity index (χ0v) is 17.4. The maximum Gasteiger partial charge on any atom is 0.243 e. The van der Waals surface area contributed by atoms with Crippen LogP contribution in [-0.4, -0.2) is 4.57 Å². The number of nitrogens with zero attached hydrogens (tertiary/aromatic N) is 2. The number of hydrogen-bond acceptors (Lipinski definition) is 0. The molecule has 1 heterocycles. The lowest BCUT2D eigenvalue weighted by Gasteiger charge is -2.03. The van der Waals surface area contributed by atoms with Gasteiger partial charge in [0.25, 0.3) is 0 Å². The maximum absolute atomic E-state index is 2.30. The SMILES string of the molecule is CCCCCCCCCCCCCCCCCCCn1cc[n+](C)c1. The molecule has 0 aliphatic carbocycles. The van der Waals surface area contributed by atoms with Crippen molar-refractivity contribution in [2.45, 2.75) is 123 Å². The molecule has 0 radical (unpaired) electrons. The van der Waals surface area contributed by atoms with Crippen molar-refractivity contribution >= 4 is 0 Å². The molecule has 1 rings (SSSR count). The summed E-state index contributed by atoms with van der Waals surface area (Å²) in [5, 5.41) is 0. The third kappa shape index (κ3) is 14.1. The highest BCUT2D eigenvalue weighted by atomic mass is 15.1. The number of aryl methyl sites for hydroxylation is 2. The summed E-state index contributed by atoms with van der Waals surface area (Å²) in [5.74, 6) is 0. The smallest absolute Gasteiger partial charge is 0.240 e. The van der Waals surface area contributed by atoms with E-state index in [1.807, 2.05) is 0 Å². The molecular formula is C23H45N2+. The van der Waals surface area contributed by atoms with Crippen molar-refractivity contribution in [1.29, 1.82) is 0 Å². The third-order valence-electron chi connectivity index (χ3n) is 5.34. The highest BCUT2D eigenvalue weighted by molar-refractivity contribution is 4.65. The van der Waals surface area contributed by atoms with E-state index in [2.05, 4.69) is 41.8 Å². The first-order valence-electron chi connectivity index (χ1n) is 11.3. The average Bonchev–Trinajstić information content (AvgIpc) is 3.03. The predicted molar refractivity (Wildman–Crippen MR) is 110 cm³/mol. The van der Waals surface area contributed by atoms with Crippen molar-refractivity contribution in [2.24, 2.45) is 7.05 Å². The Morgan fingerprint density at radius 1 is 0.600 bits per heavy atom. The molecule has 2 heteroatoms. The first-order valence-corrected chi connectivity index (χ1v) is 11.3. The van der Waals surface area contributed by atoms with E-state index in [1.54, 1.807) is 0 Å². The fourth-order valence-electron chi connectivity index (χ4n) is 3.65. The lowest BCUT2D eigenvalue weighted by molar-refractivity contribution is -0.671. The van der Waals surface area contributed by atoms with E-state index in [9.17, 15) is 0 Å². The standard InChI is InChI=1S/C23H45N2/c1-3-4-5-6-7-8-9-10-11-12-13-14-15-16-17-18-19-20-25-22-21-24(2)23-25/h21-23H,3-20H2,1-2H3/q+1. The first-order chi connectivity index (χ1) is 12.3. The Balaban J connectivity index is 1.69. The van der Waals surface area contributed by atoms with Crippen LogP contribution in [0.1, 0.15) is 116 Å². The van der Waals surface area contributed by atoms with Gasteiger partial charge in [-0.3, -0.25) is 0 Å². The van der Waals surface area contributed by atoms with E-state index in [0.717, 1.165) is 0 Å². The second kappa shape index (κ2) is 16.7. The molecule has 2 nitrogen and oxygen atoms in total. The molecule has 1 aromatic rings. The highest BCUT2D eigenvalue weighted by Crippen LogP contribution is 2.14. The molecule has 0 spiro atoms. The zero-order chi connectivity index (χ0) is 18.0. The molecule has 0 amide bonds. The molecular weight excluding hydrogens is 304 g/mol. The summed E-state index contributed by atoms with van der Waals surface area (Å²) in [5.41, 5.74) is 0. The van der Waals surface area contributed by atoms with Gasteiger partial charge in [-0.1, -0.05) is 103 Å². The molecule has 0 saturated heterocycles. The van der Waals surface area contributed by atoms with E-state index in [0.29, 0.717) is 0 Å². The van der Waals surface area contributed by atoms with E-state index in [-0.39, 0.29) is 0 Å². The summed E-state index contributed by atoms with van der Waals surface area (Å²) in [6, 6.07) is 0. The molecule has 0 aromatic carbocycles. The predicted octanol–water partition coefficient (Wildman–Crippen LogP) is 6.96. The fraction of sp³-hybridized carbons (Fsp3) is 0.870. The van der Waals surface area contributed by atoms with Gasteiger partial charge in [-0.2, -0.15) is 0 Å². The largest absolute Gasteiger partial charge is 0.243 e. The van der Waals surface area contributed by atoms with Crippen LogP contribution in [0.5, 0.6) is 0 Å². The molecule has 0 atom stereocenters. The van der Waals surface area contributed by atoms with E-state index in [1.165, 1.54) is 116 Å². The minimum Gasteiger partial charge on any atom is -0.240 e. The van der Waals surface area contributed by atoms with Gasteiger partial charge in [0.2, 0.25) is 6.33 Å². The van der Waals surface area contributed by atoms with Gasteiger partial charge in [-0.05, 0) is 12.8 Å². The Hall–Kier alpha value is -0.790. The minimum atomic E-state index is 1.18. The van der Waals surface area contributed by atoms with Crippen molar-refractivity contribution in [1.82, 2.24) is 4.57 Å². The van der Waals surface area contributed by atoms with Gasteiger partial charge in [0.05, 0.1) is 13.6 Å². The molecule has 1 aromatic heterocycles. The molecule has 0 bridgehead atoms. The van der Waals surface area contributed by atoms with Crippen LogP contribution in [0.2, 0.25) is 0 Å². The number of unbranched alkanes of at least 4 members (excludes halogenated alkanes) is 16. The van der Waals surface area contributed by atoms with Gasteiger partial charge < -0.3 is 0 Å². The van der Waals surface area contributed by atoms with Crippen molar-refractivity contribution in [3.8, 4) is 0 Å². The normalized spacial score (nSPS) is 11.3. The molecule has 0 aliphatic rings. The summed E-state index contributed by atoms with van der Waals surface area (Å²) < 4.78 is 4.42. The van der Waals surface area contributed by atoms with Crippen LogP contribution >= 0.6 is 0 Å². The molecule has 0 saturated carbocycles. The molecule has 146 valence electrons. The Morgan fingerprint density at radius 2 is 1.00 bits per heavy atom. The van der Waals surface area contributed by atoms with Crippen LogP contribution in [0.25, 0.3) is 0 Å². The Labute approximate surface area is 158 Å². The first kappa shape index (κ1) is 22.3. The number of rotatable bonds is 18. The van der Waals surface area contributed by atoms with E-state index < -0.39 is 0 Å². The van der Waals surface area contributed by atoms with Crippen molar-refractivity contribution < 1.29 is 4.57 Å². The Kier molecular flexibility index (Phi) is 14.8. The summed E-state index contributed by atoms with van der Waals surface area (Å²) in [6.45, 7) is 3.48. The van der Waals surface area contributed by atoms with Crippen LogP contribution in [0.15, 0.2) is 18.7 Å². The van der Waals surface area contributed by atoms with Gasteiger partial charge in [0, 0.05) is 0 Å². The van der Waals surface area contributed by atoms with Crippen LogP contribution in [-0.2, 0) is 13.6 Å². The Bertz CT molecular complexity index is 383. The quantitative estimate of drug-likeness (QED) is 0.200. The molecule has 0 fully saturated rings. The monoisotopic (exact) mass is 349 g/mol.